The molecule has 17 heavy (non-hydrogen) atoms. The lowest BCUT2D eigenvalue weighted by molar-refractivity contribution is -0.137. The Balaban J connectivity index is 2.23. The summed E-state index contributed by atoms with van der Waals surface area (Å²) in [5.41, 5.74) is 0.469. The van der Waals surface area contributed by atoms with E-state index in [-0.39, 0.29) is 17.2 Å². The van der Waals surface area contributed by atoms with Crippen LogP contribution in [0.4, 0.5) is 0 Å². The number of hydrogen-bond donors (Lipinski definition) is 1. The van der Waals surface area contributed by atoms with E-state index in [0.29, 0.717) is 6.61 Å². The van der Waals surface area contributed by atoms with E-state index in [2.05, 4.69) is 5.32 Å². The van der Waals surface area contributed by atoms with Crippen molar-refractivity contribution >= 4 is 11.8 Å². The highest BCUT2D eigenvalue weighted by molar-refractivity contribution is 6.00. The minimum atomic E-state index is -0.352. The Morgan fingerprint density at radius 2 is 2.24 bits per heavy atom. The summed E-state index contributed by atoms with van der Waals surface area (Å²) in [5.74, 6) is -0.368. The largest absolute Gasteiger partial charge is 0.463 e. The number of hydrogen-bond acceptors (Lipinski definition) is 4. The summed E-state index contributed by atoms with van der Waals surface area (Å²) >= 11 is 0. The second kappa shape index (κ2) is 4.57. The van der Waals surface area contributed by atoms with E-state index in [1.165, 1.54) is 6.08 Å². The smallest absolute Gasteiger partial charge is 0.332 e. The Morgan fingerprint density at radius 3 is 2.88 bits per heavy atom. The number of carbonyl (C=O) groups excluding carboxylic acids is 2. The molecule has 0 aromatic rings. The lowest BCUT2D eigenvalue weighted by atomic mass is 9.80. The molecule has 0 atom stereocenters. The summed E-state index contributed by atoms with van der Waals surface area (Å²) in [7, 11) is 0. The number of ketones is 1. The van der Waals surface area contributed by atoms with Gasteiger partial charge in [0.05, 0.1) is 6.61 Å². The Hall–Kier alpha value is -1.84. The third-order valence-electron chi connectivity index (χ3n) is 2.99. The first-order valence-electron chi connectivity index (χ1n) is 5.71. The molecular weight excluding hydrogens is 218 g/mol. The maximum absolute atomic E-state index is 11.4. The van der Waals surface area contributed by atoms with E-state index in [1.807, 2.05) is 12.2 Å². The van der Waals surface area contributed by atoms with Crippen LogP contribution in [0, 0.1) is 5.41 Å². The molecule has 1 aliphatic heterocycles. The van der Waals surface area contributed by atoms with Crippen LogP contribution in [0.2, 0.25) is 0 Å². The third kappa shape index (κ3) is 2.30. The van der Waals surface area contributed by atoms with Crippen LogP contribution in [0.15, 0.2) is 36.1 Å². The summed E-state index contributed by atoms with van der Waals surface area (Å²) in [6, 6.07) is 0. The molecule has 1 saturated heterocycles. The Labute approximate surface area is 100 Å². The first-order chi connectivity index (χ1) is 8.16. The van der Waals surface area contributed by atoms with Crippen molar-refractivity contribution in [3.8, 4) is 0 Å². The molecule has 1 N–H and O–H groups in total. The second-order valence-corrected chi connectivity index (χ2v) is 4.10. The summed E-state index contributed by atoms with van der Waals surface area (Å²) < 4.78 is 4.89. The molecule has 1 aliphatic carbocycles. The van der Waals surface area contributed by atoms with Crippen molar-refractivity contribution < 1.29 is 14.3 Å². The van der Waals surface area contributed by atoms with Crippen LogP contribution >= 0.6 is 0 Å². The lowest BCUT2D eigenvalue weighted by Gasteiger charge is -2.23. The number of ether oxygens (including phenoxy) is 1. The first-order valence-corrected chi connectivity index (χ1v) is 5.71. The zero-order valence-corrected chi connectivity index (χ0v) is 9.73. The second-order valence-electron chi connectivity index (χ2n) is 4.10. The van der Waals surface area contributed by atoms with Crippen molar-refractivity contribution in [1.29, 1.82) is 0 Å². The van der Waals surface area contributed by atoms with E-state index in [1.54, 1.807) is 19.1 Å². The van der Waals surface area contributed by atoms with Crippen molar-refractivity contribution in [2.45, 2.75) is 13.3 Å². The molecule has 90 valence electrons. The van der Waals surface area contributed by atoms with Gasteiger partial charge in [0.15, 0.2) is 5.78 Å². The monoisotopic (exact) mass is 233 g/mol. The molecule has 4 heteroatoms. The minimum Gasteiger partial charge on any atom is -0.463 e. The fourth-order valence-corrected chi connectivity index (χ4v) is 2.11. The Morgan fingerprint density at radius 1 is 1.53 bits per heavy atom. The van der Waals surface area contributed by atoms with Crippen LogP contribution < -0.4 is 5.32 Å². The van der Waals surface area contributed by atoms with Crippen molar-refractivity contribution in [2.75, 3.05) is 13.2 Å². The van der Waals surface area contributed by atoms with E-state index in [9.17, 15) is 9.59 Å². The van der Waals surface area contributed by atoms with Crippen molar-refractivity contribution in [2.24, 2.45) is 5.41 Å². The van der Waals surface area contributed by atoms with Gasteiger partial charge in [-0.1, -0.05) is 12.2 Å². The highest BCUT2D eigenvalue weighted by Gasteiger charge is 2.36. The SMILES string of the molecule is CCOC(=O)C=C1NCCC12C=CC(=O)C=C2. The molecule has 0 bridgehead atoms. The standard InChI is InChI=1S/C13H15NO3/c1-2-17-12(16)9-11-13(7-8-14-11)5-3-10(15)4-6-13/h3-6,9,14H,2,7-8H2,1H3. The first kappa shape index (κ1) is 11.6. The van der Waals surface area contributed by atoms with E-state index < -0.39 is 0 Å². The number of rotatable bonds is 2. The average Bonchev–Trinajstić information content (AvgIpc) is 2.67. The lowest BCUT2D eigenvalue weighted by Crippen LogP contribution is -2.21. The topological polar surface area (TPSA) is 55.4 Å². The molecule has 0 unspecified atom stereocenters. The van der Waals surface area contributed by atoms with Gasteiger partial charge in [0.25, 0.3) is 0 Å². The molecule has 1 heterocycles. The molecule has 0 amide bonds. The zero-order valence-electron chi connectivity index (χ0n) is 9.73. The molecule has 0 radical (unpaired) electrons. The third-order valence-corrected chi connectivity index (χ3v) is 2.99. The number of allylic oxidation sites excluding steroid dienone is 3. The fraction of sp³-hybridized carbons (Fsp3) is 0.385. The Bertz CT molecular complexity index is 416. The van der Waals surface area contributed by atoms with Crippen LogP contribution in [0.3, 0.4) is 0 Å². The van der Waals surface area contributed by atoms with Gasteiger partial charge in [-0.2, -0.15) is 0 Å². The van der Waals surface area contributed by atoms with E-state index >= 15 is 0 Å². The minimum absolute atomic E-state index is 0.0157. The van der Waals surface area contributed by atoms with Gasteiger partial charge >= 0.3 is 5.97 Å². The molecule has 4 nitrogen and oxygen atoms in total. The van der Waals surface area contributed by atoms with Crippen molar-refractivity contribution in [3.63, 3.8) is 0 Å². The molecular formula is C13H15NO3. The van der Waals surface area contributed by atoms with Gasteiger partial charge in [0.2, 0.25) is 0 Å². The summed E-state index contributed by atoms with van der Waals surface area (Å²) in [6.07, 6.45) is 9.11. The van der Waals surface area contributed by atoms with Crippen molar-refractivity contribution in [1.82, 2.24) is 5.32 Å². The highest BCUT2D eigenvalue weighted by Crippen LogP contribution is 2.39. The molecule has 0 aromatic heterocycles. The molecule has 2 aliphatic rings. The summed E-state index contributed by atoms with van der Waals surface area (Å²) in [4.78, 5) is 22.6. The quantitative estimate of drug-likeness (QED) is 0.573. The van der Waals surface area contributed by atoms with E-state index in [0.717, 1.165) is 18.7 Å². The van der Waals surface area contributed by atoms with Gasteiger partial charge in [0, 0.05) is 23.7 Å². The van der Waals surface area contributed by atoms with Crippen LogP contribution in [0.25, 0.3) is 0 Å². The van der Waals surface area contributed by atoms with Crippen LogP contribution in [-0.4, -0.2) is 24.9 Å². The summed E-state index contributed by atoms with van der Waals surface area (Å²) in [6.45, 7) is 2.92. The zero-order chi connectivity index (χ0) is 12.3. The highest BCUT2D eigenvalue weighted by atomic mass is 16.5. The maximum atomic E-state index is 11.4. The van der Waals surface area contributed by atoms with Gasteiger partial charge in [-0.05, 0) is 25.5 Å². The fourth-order valence-electron chi connectivity index (χ4n) is 2.11. The maximum Gasteiger partial charge on any atom is 0.332 e. The molecule has 0 saturated carbocycles. The van der Waals surface area contributed by atoms with Gasteiger partial charge in [0.1, 0.15) is 0 Å². The van der Waals surface area contributed by atoms with Gasteiger partial charge in [-0.15, -0.1) is 0 Å². The summed E-state index contributed by atoms with van der Waals surface area (Å²) in [5, 5.41) is 3.17. The van der Waals surface area contributed by atoms with Gasteiger partial charge in [-0.25, -0.2) is 4.79 Å². The average molecular weight is 233 g/mol. The van der Waals surface area contributed by atoms with E-state index in [4.69, 9.17) is 4.74 Å². The predicted octanol–water partition coefficient (Wildman–Crippen LogP) is 1.11. The Kier molecular flexibility index (Phi) is 3.13. The van der Waals surface area contributed by atoms with Crippen LogP contribution in [0.5, 0.6) is 0 Å². The molecule has 1 spiro atoms. The van der Waals surface area contributed by atoms with Gasteiger partial charge < -0.3 is 10.1 Å². The van der Waals surface area contributed by atoms with Gasteiger partial charge in [-0.3, -0.25) is 4.79 Å². The van der Waals surface area contributed by atoms with Crippen molar-refractivity contribution in [3.05, 3.63) is 36.1 Å². The number of carbonyl (C=O) groups is 2. The number of nitrogens with one attached hydrogen (secondary N) is 1. The number of esters is 1. The molecule has 2 rings (SSSR count). The normalized spacial score (nSPS) is 23.1. The molecule has 1 fully saturated rings. The predicted molar refractivity (Wildman–Crippen MR) is 63.1 cm³/mol. The van der Waals surface area contributed by atoms with Crippen LogP contribution in [0.1, 0.15) is 13.3 Å². The van der Waals surface area contributed by atoms with Crippen LogP contribution in [-0.2, 0) is 14.3 Å². The molecule has 0 aromatic carbocycles.